The Bertz CT molecular complexity index is 1380. The van der Waals surface area contributed by atoms with Gasteiger partial charge < -0.3 is 10.3 Å². The van der Waals surface area contributed by atoms with Gasteiger partial charge in [-0.3, -0.25) is 0 Å². The van der Waals surface area contributed by atoms with Crippen LogP contribution in [-0.2, 0) is 0 Å². The van der Waals surface area contributed by atoms with Crippen molar-refractivity contribution in [1.29, 1.82) is 0 Å². The number of nitrogens with zero attached hydrogens (tertiary/aromatic N) is 4. The summed E-state index contributed by atoms with van der Waals surface area (Å²) in [6.07, 6.45) is 2.99. The van der Waals surface area contributed by atoms with E-state index in [4.69, 9.17) is 0 Å². The zero-order valence-corrected chi connectivity index (χ0v) is 15.9. The van der Waals surface area contributed by atoms with Gasteiger partial charge in [0.1, 0.15) is 29.0 Å². The molecule has 148 valence electrons. The predicted molar refractivity (Wildman–Crippen MR) is 111 cm³/mol. The maximum absolute atomic E-state index is 14.4. The molecule has 2 N–H and O–H groups in total. The first-order valence-electron chi connectivity index (χ1n) is 9.36. The van der Waals surface area contributed by atoms with Crippen LogP contribution in [0.4, 0.5) is 14.6 Å². The van der Waals surface area contributed by atoms with Crippen LogP contribution in [-0.4, -0.2) is 24.9 Å². The second-order valence-electron chi connectivity index (χ2n) is 6.94. The Morgan fingerprint density at radius 2 is 1.83 bits per heavy atom. The van der Waals surface area contributed by atoms with Crippen LogP contribution in [0.3, 0.4) is 0 Å². The first-order chi connectivity index (χ1) is 14.6. The van der Waals surface area contributed by atoms with E-state index in [9.17, 15) is 8.78 Å². The molecule has 30 heavy (non-hydrogen) atoms. The Labute approximate surface area is 170 Å². The summed E-state index contributed by atoms with van der Waals surface area (Å²) in [6.45, 7) is 1.94. The zero-order chi connectivity index (χ0) is 20.7. The summed E-state index contributed by atoms with van der Waals surface area (Å²) < 4.78 is 28.3. The first kappa shape index (κ1) is 18.1. The van der Waals surface area contributed by atoms with Gasteiger partial charge in [0.2, 0.25) is 0 Å². The fraction of sp³-hybridized carbons (Fsp3) is 0.0909. The zero-order valence-electron chi connectivity index (χ0n) is 15.9. The molecule has 0 aliphatic carbocycles. The molecule has 3 aromatic heterocycles. The van der Waals surface area contributed by atoms with Gasteiger partial charge in [-0.2, -0.15) is 0 Å². The van der Waals surface area contributed by atoms with Gasteiger partial charge in [-0.15, -0.1) is 0 Å². The number of aromatic nitrogens is 5. The second kappa shape index (κ2) is 7.14. The van der Waals surface area contributed by atoms with Crippen molar-refractivity contribution in [1.82, 2.24) is 24.9 Å². The van der Waals surface area contributed by atoms with E-state index < -0.39 is 5.82 Å². The summed E-state index contributed by atoms with van der Waals surface area (Å²) >= 11 is 0. The van der Waals surface area contributed by atoms with Crippen LogP contribution in [0.25, 0.3) is 33.3 Å². The van der Waals surface area contributed by atoms with Crippen LogP contribution < -0.4 is 5.32 Å². The summed E-state index contributed by atoms with van der Waals surface area (Å²) in [5, 5.41) is 3.99. The van der Waals surface area contributed by atoms with Crippen molar-refractivity contribution < 1.29 is 8.78 Å². The van der Waals surface area contributed by atoms with Crippen LogP contribution in [0.2, 0.25) is 0 Å². The number of H-pyrrole nitrogens is 1. The highest BCUT2D eigenvalue weighted by Gasteiger charge is 2.18. The largest absolute Gasteiger partial charge is 0.362 e. The Morgan fingerprint density at radius 3 is 2.70 bits per heavy atom. The SMILES string of the molecule is C[C@H](Nc1ncnc2[nH]cnc12)c1cc2cccc(F)c2nc1-c1cccc(F)c1. The molecular weight excluding hydrogens is 386 g/mol. The van der Waals surface area contributed by atoms with Crippen molar-refractivity contribution in [2.75, 3.05) is 5.32 Å². The van der Waals surface area contributed by atoms with Crippen LogP contribution in [0, 0.1) is 11.6 Å². The van der Waals surface area contributed by atoms with Gasteiger partial charge in [-0.1, -0.05) is 24.3 Å². The lowest BCUT2D eigenvalue weighted by Crippen LogP contribution is -2.11. The Balaban J connectivity index is 1.66. The molecule has 0 aliphatic heterocycles. The van der Waals surface area contributed by atoms with E-state index in [2.05, 4.69) is 30.2 Å². The van der Waals surface area contributed by atoms with Gasteiger partial charge in [0.15, 0.2) is 11.5 Å². The molecule has 0 fully saturated rings. The molecule has 0 spiro atoms. The number of aromatic amines is 1. The highest BCUT2D eigenvalue weighted by Crippen LogP contribution is 2.33. The number of nitrogens with one attached hydrogen (secondary N) is 2. The quantitative estimate of drug-likeness (QED) is 0.441. The molecule has 5 aromatic rings. The van der Waals surface area contributed by atoms with E-state index in [-0.39, 0.29) is 17.4 Å². The van der Waals surface area contributed by atoms with Crippen molar-refractivity contribution in [3.8, 4) is 11.3 Å². The number of para-hydroxylation sites is 1. The molecule has 3 heterocycles. The third-order valence-electron chi connectivity index (χ3n) is 4.96. The Kier molecular flexibility index (Phi) is 4.31. The molecule has 0 aliphatic rings. The smallest absolute Gasteiger partial charge is 0.162 e. The van der Waals surface area contributed by atoms with Crippen LogP contribution in [0.15, 0.2) is 61.2 Å². The Hall–Kier alpha value is -3.94. The van der Waals surface area contributed by atoms with Crippen LogP contribution in [0.5, 0.6) is 0 Å². The number of benzene rings is 2. The topological polar surface area (TPSA) is 79.4 Å². The number of rotatable bonds is 4. The maximum atomic E-state index is 14.4. The van der Waals surface area contributed by atoms with E-state index in [0.717, 1.165) is 5.56 Å². The van der Waals surface area contributed by atoms with E-state index in [0.29, 0.717) is 33.6 Å². The van der Waals surface area contributed by atoms with Crippen molar-refractivity contribution in [2.45, 2.75) is 13.0 Å². The van der Waals surface area contributed by atoms with Crippen molar-refractivity contribution in [3.63, 3.8) is 0 Å². The number of pyridine rings is 1. The highest BCUT2D eigenvalue weighted by atomic mass is 19.1. The Morgan fingerprint density at radius 1 is 0.967 bits per heavy atom. The van der Waals surface area contributed by atoms with Gasteiger partial charge in [0.05, 0.1) is 18.1 Å². The minimum absolute atomic E-state index is 0.240. The molecular formula is C22H16F2N6. The molecule has 1 atom stereocenters. The molecule has 0 saturated carbocycles. The van der Waals surface area contributed by atoms with Crippen molar-refractivity contribution >= 4 is 27.9 Å². The van der Waals surface area contributed by atoms with Crippen molar-refractivity contribution in [3.05, 3.63) is 78.4 Å². The molecule has 8 heteroatoms. The van der Waals surface area contributed by atoms with E-state index in [1.165, 1.54) is 24.5 Å². The lowest BCUT2D eigenvalue weighted by Gasteiger charge is -2.19. The molecule has 0 saturated heterocycles. The van der Waals surface area contributed by atoms with Gasteiger partial charge in [0.25, 0.3) is 0 Å². The second-order valence-corrected chi connectivity index (χ2v) is 6.94. The number of fused-ring (bicyclic) bond motifs is 2. The fourth-order valence-corrected chi connectivity index (χ4v) is 3.53. The predicted octanol–water partition coefficient (Wildman–Crippen LogP) is 5.02. The minimum Gasteiger partial charge on any atom is -0.362 e. The van der Waals surface area contributed by atoms with Gasteiger partial charge >= 0.3 is 0 Å². The lowest BCUT2D eigenvalue weighted by atomic mass is 9.98. The number of halogens is 2. The number of hydrogen-bond acceptors (Lipinski definition) is 5. The lowest BCUT2D eigenvalue weighted by molar-refractivity contribution is 0.628. The molecule has 0 radical (unpaired) electrons. The average Bonchev–Trinajstić information content (AvgIpc) is 3.23. The summed E-state index contributed by atoms with van der Waals surface area (Å²) in [6, 6.07) is 12.5. The fourth-order valence-electron chi connectivity index (χ4n) is 3.53. The van der Waals surface area contributed by atoms with Crippen LogP contribution in [0.1, 0.15) is 18.5 Å². The summed E-state index contributed by atoms with van der Waals surface area (Å²) in [7, 11) is 0. The average molecular weight is 402 g/mol. The molecule has 6 nitrogen and oxygen atoms in total. The molecule has 0 unspecified atom stereocenters. The molecule has 0 amide bonds. The molecule has 2 aromatic carbocycles. The summed E-state index contributed by atoms with van der Waals surface area (Å²) in [4.78, 5) is 20.2. The summed E-state index contributed by atoms with van der Waals surface area (Å²) in [5.74, 6) is -0.256. The number of hydrogen-bond donors (Lipinski definition) is 2. The number of imidazole rings is 1. The normalized spacial score (nSPS) is 12.4. The number of anilines is 1. The first-order valence-corrected chi connectivity index (χ1v) is 9.36. The standard InChI is InChI=1S/C22H16F2N6/c1-12(29-22-20-21(26-10-25-20)27-11-28-22)16-9-14-5-3-7-17(24)19(14)30-18(16)13-4-2-6-15(23)8-13/h2-12H,1H3,(H2,25,26,27,28,29)/t12-/m0/s1. The van der Waals surface area contributed by atoms with Gasteiger partial charge in [-0.25, -0.2) is 28.7 Å². The third-order valence-corrected chi connectivity index (χ3v) is 4.96. The van der Waals surface area contributed by atoms with E-state index in [1.54, 1.807) is 30.6 Å². The van der Waals surface area contributed by atoms with Crippen molar-refractivity contribution in [2.24, 2.45) is 0 Å². The minimum atomic E-state index is -0.425. The van der Waals surface area contributed by atoms with E-state index >= 15 is 0 Å². The van der Waals surface area contributed by atoms with E-state index in [1.807, 2.05) is 13.0 Å². The third kappa shape index (κ3) is 3.12. The molecule has 0 bridgehead atoms. The monoisotopic (exact) mass is 402 g/mol. The van der Waals surface area contributed by atoms with Gasteiger partial charge in [-0.05, 0) is 31.2 Å². The molecule has 5 rings (SSSR count). The van der Waals surface area contributed by atoms with Crippen LogP contribution >= 0.6 is 0 Å². The van der Waals surface area contributed by atoms with Gasteiger partial charge in [0, 0.05) is 16.5 Å². The summed E-state index contributed by atoms with van der Waals surface area (Å²) in [5.41, 5.74) is 3.31. The highest BCUT2D eigenvalue weighted by molar-refractivity contribution is 5.85. The maximum Gasteiger partial charge on any atom is 0.162 e.